The van der Waals surface area contributed by atoms with Gasteiger partial charge in [0.1, 0.15) is 23.1 Å². The number of carboxylic acid groups (broad SMARTS) is 1. The zero-order valence-corrected chi connectivity index (χ0v) is 19.0. The molecule has 0 fully saturated rings. The van der Waals surface area contributed by atoms with Crippen LogP contribution >= 0.6 is 0 Å². The van der Waals surface area contributed by atoms with Crippen LogP contribution < -0.4 is 0 Å². The Hall–Kier alpha value is -4.36. The molecule has 5 rings (SSSR count). The Balaban J connectivity index is 1.54. The van der Waals surface area contributed by atoms with Crippen molar-refractivity contribution in [3.63, 3.8) is 0 Å². The SMILES string of the molecule is Cn1nc(F)c2nc(-c3ccc(F)c4c3CCN([C@H](Cc3cnn(C(F)F)c3)C(=O)O)C4=O)c(F)cc21. The van der Waals surface area contributed by atoms with Gasteiger partial charge in [-0.15, -0.1) is 5.10 Å². The van der Waals surface area contributed by atoms with Gasteiger partial charge in [-0.3, -0.25) is 9.48 Å². The van der Waals surface area contributed by atoms with E-state index in [9.17, 15) is 32.3 Å². The molecule has 1 atom stereocenters. The second kappa shape index (κ2) is 8.94. The fourth-order valence-electron chi connectivity index (χ4n) is 4.55. The molecule has 1 aliphatic heterocycles. The number of aryl methyl sites for hydroxylation is 1. The number of pyridine rings is 1. The van der Waals surface area contributed by atoms with Crippen LogP contribution in [0.2, 0.25) is 0 Å². The molecular formula is C23H17F5N6O3. The van der Waals surface area contributed by atoms with Crippen molar-refractivity contribution in [1.29, 1.82) is 0 Å². The van der Waals surface area contributed by atoms with E-state index >= 15 is 4.39 Å². The van der Waals surface area contributed by atoms with Gasteiger partial charge in [-0.2, -0.15) is 18.3 Å². The summed E-state index contributed by atoms with van der Waals surface area (Å²) in [5.41, 5.74) is -0.619. The highest BCUT2D eigenvalue weighted by molar-refractivity contribution is 6.01. The molecule has 0 saturated carbocycles. The molecule has 14 heteroatoms. The van der Waals surface area contributed by atoms with E-state index in [-0.39, 0.29) is 52.8 Å². The minimum absolute atomic E-state index is 0.0529. The van der Waals surface area contributed by atoms with Crippen molar-refractivity contribution in [1.82, 2.24) is 29.4 Å². The normalized spacial score (nSPS) is 14.5. The molecule has 1 N–H and O–H groups in total. The monoisotopic (exact) mass is 520 g/mol. The van der Waals surface area contributed by atoms with Gasteiger partial charge in [0.05, 0.1) is 17.3 Å². The minimum atomic E-state index is -2.93. The molecule has 0 spiro atoms. The third-order valence-electron chi connectivity index (χ3n) is 6.28. The van der Waals surface area contributed by atoms with E-state index in [1.54, 1.807) is 0 Å². The number of aromatic nitrogens is 5. The average Bonchev–Trinajstić information content (AvgIpc) is 3.42. The number of hydrogen-bond acceptors (Lipinski definition) is 5. The molecule has 37 heavy (non-hydrogen) atoms. The van der Waals surface area contributed by atoms with Crippen LogP contribution in [0, 0.1) is 17.6 Å². The molecule has 0 radical (unpaired) electrons. The van der Waals surface area contributed by atoms with Crippen LogP contribution in [0.5, 0.6) is 0 Å². The Morgan fingerprint density at radius 2 is 1.95 bits per heavy atom. The Morgan fingerprint density at radius 1 is 1.19 bits per heavy atom. The highest BCUT2D eigenvalue weighted by atomic mass is 19.3. The third-order valence-corrected chi connectivity index (χ3v) is 6.28. The molecular weight excluding hydrogens is 503 g/mol. The zero-order valence-electron chi connectivity index (χ0n) is 19.0. The van der Waals surface area contributed by atoms with Crippen LogP contribution in [0.25, 0.3) is 22.3 Å². The fourth-order valence-corrected chi connectivity index (χ4v) is 4.55. The number of benzene rings is 1. The van der Waals surface area contributed by atoms with Crippen molar-refractivity contribution in [2.75, 3.05) is 6.54 Å². The van der Waals surface area contributed by atoms with Gasteiger partial charge in [-0.1, -0.05) is 0 Å². The second-order valence-corrected chi connectivity index (χ2v) is 8.46. The molecule has 3 aromatic heterocycles. The summed E-state index contributed by atoms with van der Waals surface area (Å²) in [6.45, 7) is -3.12. The lowest BCUT2D eigenvalue weighted by Gasteiger charge is -2.34. The van der Waals surface area contributed by atoms with Crippen LogP contribution in [-0.4, -0.2) is 59.0 Å². The summed E-state index contributed by atoms with van der Waals surface area (Å²) in [7, 11) is 1.41. The summed E-state index contributed by atoms with van der Waals surface area (Å²) in [6, 6.07) is 1.66. The van der Waals surface area contributed by atoms with Gasteiger partial charge in [-0.05, 0) is 29.7 Å². The lowest BCUT2D eigenvalue weighted by molar-refractivity contribution is -0.142. The largest absolute Gasteiger partial charge is 0.480 e. The first-order valence-corrected chi connectivity index (χ1v) is 10.9. The number of carbonyl (C=O) groups is 2. The molecule has 1 amide bonds. The number of halogens is 5. The molecule has 0 aliphatic carbocycles. The lowest BCUT2D eigenvalue weighted by Crippen LogP contribution is -2.50. The first kappa shape index (κ1) is 24.3. The van der Waals surface area contributed by atoms with E-state index in [1.165, 1.54) is 13.1 Å². The van der Waals surface area contributed by atoms with Crippen molar-refractivity contribution in [2.24, 2.45) is 7.05 Å². The van der Waals surface area contributed by atoms with Crippen molar-refractivity contribution in [3.05, 3.63) is 64.9 Å². The maximum absolute atomic E-state index is 15.0. The Morgan fingerprint density at radius 3 is 2.62 bits per heavy atom. The van der Waals surface area contributed by atoms with Crippen molar-refractivity contribution in [3.8, 4) is 11.3 Å². The van der Waals surface area contributed by atoms with Crippen LogP contribution in [0.3, 0.4) is 0 Å². The third kappa shape index (κ3) is 4.07. The van der Waals surface area contributed by atoms with Gasteiger partial charge in [0.25, 0.3) is 11.9 Å². The number of hydrogen-bond donors (Lipinski definition) is 1. The van der Waals surface area contributed by atoms with Gasteiger partial charge in [0, 0.05) is 37.8 Å². The summed E-state index contributed by atoms with van der Waals surface area (Å²) in [4.78, 5) is 30.3. The number of alkyl halides is 2. The number of carbonyl (C=O) groups excluding carboxylic acids is 1. The standard InChI is InChI=1S/C23H17F5N6O3/c1-32-15-7-14(25)18(30-19(15)20(26)31-32)12-2-3-13(24)17-11(12)4-5-33(21(17)35)16(22(36)37)6-10-8-29-34(9-10)23(27)28/h2-3,7-9,16,23H,4-6H2,1H3,(H,36,37)/t16-/m1/s1. The smallest absolute Gasteiger partial charge is 0.333 e. The quantitative estimate of drug-likeness (QED) is 0.391. The average molecular weight is 520 g/mol. The fraction of sp³-hybridized carbons (Fsp3) is 0.261. The first-order chi connectivity index (χ1) is 17.6. The summed E-state index contributed by atoms with van der Waals surface area (Å²) < 4.78 is 71.3. The topological polar surface area (TPSA) is 106 Å². The van der Waals surface area contributed by atoms with E-state index in [4.69, 9.17) is 0 Å². The first-order valence-electron chi connectivity index (χ1n) is 10.9. The van der Waals surface area contributed by atoms with Crippen LogP contribution in [0.15, 0.2) is 30.6 Å². The number of fused-ring (bicyclic) bond motifs is 2. The number of carboxylic acids is 1. The Labute approximate surface area is 204 Å². The van der Waals surface area contributed by atoms with E-state index in [1.807, 2.05) is 0 Å². The highest BCUT2D eigenvalue weighted by Gasteiger charge is 2.37. The Bertz CT molecular complexity index is 1570. The summed E-state index contributed by atoms with van der Waals surface area (Å²) in [6.07, 6.45) is 1.61. The van der Waals surface area contributed by atoms with Crippen molar-refractivity contribution < 1.29 is 36.6 Å². The van der Waals surface area contributed by atoms with E-state index in [0.717, 1.165) is 34.1 Å². The molecule has 4 aromatic rings. The van der Waals surface area contributed by atoms with Crippen molar-refractivity contribution in [2.45, 2.75) is 25.4 Å². The molecule has 192 valence electrons. The molecule has 9 nitrogen and oxygen atoms in total. The van der Waals surface area contributed by atoms with Crippen molar-refractivity contribution >= 4 is 22.9 Å². The predicted molar refractivity (Wildman–Crippen MR) is 117 cm³/mol. The van der Waals surface area contributed by atoms with Gasteiger partial charge < -0.3 is 10.0 Å². The molecule has 0 unspecified atom stereocenters. The van der Waals surface area contributed by atoms with Gasteiger partial charge in [0.15, 0.2) is 5.82 Å². The van der Waals surface area contributed by atoms with Crippen LogP contribution in [0.4, 0.5) is 22.0 Å². The van der Waals surface area contributed by atoms with Gasteiger partial charge in [-0.25, -0.2) is 23.2 Å². The van der Waals surface area contributed by atoms with E-state index in [0.29, 0.717) is 4.68 Å². The molecule has 4 heterocycles. The van der Waals surface area contributed by atoms with E-state index in [2.05, 4.69) is 15.2 Å². The minimum Gasteiger partial charge on any atom is -0.480 e. The van der Waals surface area contributed by atoms with Gasteiger partial charge in [0.2, 0.25) is 0 Å². The maximum atomic E-state index is 15.0. The van der Waals surface area contributed by atoms with Crippen LogP contribution in [-0.2, 0) is 24.7 Å². The Kier molecular flexibility index (Phi) is 5.88. The number of nitrogens with zero attached hydrogens (tertiary/aromatic N) is 6. The second-order valence-electron chi connectivity index (χ2n) is 8.46. The number of rotatable bonds is 6. The number of amides is 1. The molecule has 0 saturated heterocycles. The van der Waals surface area contributed by atoms with Crippen LogP contribution in [0.1, 0.15) is 28.0 Å². The summed E-state index contributed by atoms with van der Waals surface area (Å²) in [5.74, 6) is -5.14. The molecule has 1 aliphatic rings. The predicted octanol–water partition coefficient (Wildman–Crippen LogP) is 3.34. The van der Waals surface area contributed by atoms with Gasteiger partial charge >= 0.3 is 12.5 Å². The zero-order chi connectivity index (χ0) is 26.6. The molecule has 0 bridgehead atoms. The summed E-state index contributed by atoms with van der Waals surface area (Å²) in [5, 5.41) is 16.8. The highest BCUT2D eigenvalue weighted by Crippen LogP contribution is 2.35. The van der Waals surface area contributed by atoms with E-state index < -0.39 is 47.6 Å². The summed E-state index contributed by atoms with van der Waals surface area (Å²) >= 11 is 0. The maximum Gasteiger partial charge on any atom is 0.333 e. The molecule has 1 aromatic carbocycles. The number of aliphatic carboxylic acids is 1. The lowest BCUT2D eigenvalue weighted by atomic mass is 9.90.